The maximum Gasteiger partial charge on any atom is 0.164 e. The Morgan fingerprint density at radius 1 is 0.366 bits per heavy atom. The van der Waals surface area contributed by atoms with Crippen molar-refractivity contribution in [2.45, 2.75) is 0 Å². The van der Waals surface area contributed by atoms with Crippen molar-refractivity contribution in [1.29, 1.82) is 0 Å². The summed E-state index contributed by atoms with van der Waals surface area (Å²) in [6.45, 7) is 0. The van der Waals surface area contributed by atoms with Crippen molar-refractivity contribution in [2.24, 2.45) is 0 Å². The van der Waals surface area contributed by atoms with Crippen LogP contribution in [0.4, 0.5) is 0 Å². The van der Waals surface area contributed by atoms with Gasteiger partial charge in [-0.3, -0.25) is 0 Å². The molecular formula is C37H23N3O. The van der Waals surface area contributed by atoms with Gasteiger partial charge in [-0.25, -0.2) is 15.0 Å². The SMILES string of the molecule is c1ccc(-c2nc(-c3ccccc3)nc(-c3cccc(-c4cc5oc6ccccc6c5c5ccccc45)c3)n2)cc1. The molecule has 0 saturated carbocycles. The van der Waals surface area contributed by atoms with Gasteiger partial charge >= 0.3 is 0 Å². The van der Waals surface area contributed by atoms with Crippen LogP contribution in [0.5, 0.6) is 0 Å². The summed E-state index contributed by atoms with van der Waals surface area (Å²) in [5.41, 5.74) is 6.78. The molecule has 2 heterocycles. The molecule has 0 aliphatic rings. The normalized spacial score (nSPS) is 11.4. The first kappa shape index (κ1) is 23.3. The molecule has 0 aliphatic heterocycles. The van der Waals surface area contributed by atoms with Gasteiger partial charge in [0, 0.05) is 27.5 Å². The largest absolute Gasteiger partial charge is 0.456 e. The Balaban J connectivity index is 1.33. The number of furan rings is 1. The zero-order valence-electron chi connectivity index (χ0n) is 22.0. The molecule has 0 fully saturated rings. The van der Waals surface area contributed by atoms with Crippen molar-refractivity contribution in [1.82, 2.24) is 15.0 Å². The standard InChI is InChI=1S/C37H23N3O/c1-3-12-24(13-4-1)35-38-36(25-14-5-2-6-15-25)40-37(39-35)27-17-11-16-26(22-27)31-23-33-34(29-19-8-7-18-28(29)31)30-20-9-10-21-32(30)41-33/h1-23H. The minimum absolute atomic E-state index is 0.633. The molecule has 0 amide bonds. The number of hydrogen-bond donors (Lipinski definition) is 0. The molecule has 0 N–H and O–H groups in total. The highest BCUT2D eigenvalue weighted by Gasteiger charge is 2.16. The molecule has 41 heavy (non-hydrogen) atoms. The fourth-order valence-electron chi connectivity index (χ4n) is 5.59. The number of aromatic nitrogens is 3. The maximum atomic E-state index is 6.33. The van der Waals surface area contributed by atoms with Crippen LogP contribution in [0.15, 0.2) is 144 Å². The van der Waals surface area contributed by atoms with E-state index in [2.05, 4.69) is 66.7 Å². The third-order valence-corrected chi connectivity index (χ3v) is 7.52. The predicted molar refractivity (Wildman–Crippen MR) is 166 cm³/mol. The summed E-state index contributed by atoms with van der Waals surface area (Å²) < 4.78 is 6.33. The van der Waals surface area contributed by atoms with Crippen molar-refractivity contribution < 1.29 is 4.42 Å². The topological polar surface area (TPSA) is 51.8 Å². The Bertz CT molecular complexity index is 2140. The Labute approximate surface area is 236 Å². The van der Waals surface area contributed by atoms with Crippen LogP contribution >= 0.6 is 0 Å². The van der Waals surface area contributed by atoms with Crippen molar-refractivity contribution >= 4 is 32.7 Å². The molecule has 0 spiro atoms. The molecule has 4 nitrogen and oxygen atoms in total. The van der Waals surface area contributed by atoms with Gasteiger partial charge < -0.3 is 4.42 Å². The molecule has 2 aromatic heterocycles. The van der Waals surface area contributed by atoms with E-state index in [1.807, 2.05) is 72.8 Å². The summed E-state index contributed by atoms with van der Waals surface area (Å²) in [5, 5.41) is 4.63. The van der Waals surface area contributed by atoms with Crippen LogP contribution < -0.4 is 0 Å². The van der Waals surface area contributed by atoms with Crippen molar-refractivity contribution in [2.75, 3.05) is 0 Å². The van der Waals surface area contributed by atoms with Crippen LogP contribution in [-0.4, -0.2) is 15.0 Å². The van der Waals surface area contributed by atoms with Gasteiger partial charge in [0.05, 0.1) is 0 Å². The van der Waals surface area contributed by atoms with Crippen LogP contribution in [0, 0.1) is 0 Å². The lowest BCUT2D eigenvalue weighted by atomic mass is 9.94. The molecule has 0 unspecified atom stereocenters. The van der Waals surface area contributed by atoms with Gasteiger partial charge in [0.25, 0.3) is 0 Å². The van der Waals surface area contributed by atoms with Gasteiger partial charge in [0.1, 0.15) is 11.2 Å². The molecule has 0 bridgehead atoms. The monoisotopic (exact) mass is 525 g/mol. The number of para-hydroxylation sites is 1. The van der Waals surface area contributed by atoms with E-state index in [-0.39, 0.29) is 0 Å². The summed E-state index contributed by atoms with van der Waals surface area (Å²) in [6.07, 6.45) is 0. The molecule has 0 atom stereocenters. The fourth-order valence-corrected chi connectivity index (χ4v) is 5.59. The van der Waals surface area contributed by atoms with E-state index in [0.717, 1.165) is 49.8 Å². The van der Waals surface area contributed by atoms with Gasteiger partial charge in [-0.15, -0.1) is 0 Å². The number of rotatable bonds is 4. The van der Waals surface area contributed by atoms with Crippen molar-refractivity contribution in [3.8, 4) is 45.3 Å². The quantitative estimate of drug-likeness (QED) is 0.230. The Hall–Kier alpha value is -5.61. The zero-order chi connectivity index (χ0) is 27.2. The van der Waals surface area contributed by atoms with E-state index >= 15 is 0 Å². The predicted octanol–water partition coefficient (Wildman–Crippen LogP) is 9.59. The Kier molecular flexibility index (Phi) is 5.42. The Morgan fingerprint density at radius 3 is 1.56 bits per heavy atom. The molecular weight excluding hydrogens is 502 g/mol. The van der Waals surface area contributed by atoms with E-state index in [4.69, 9.17) is 19.4 Å². The first-order valence-electron chi connectivity index (χ1n) is 13.6. The third-order valence-electron chi connectivity index (χ3n) is 7.52. The second-order valence-electron chi connectivity index (χ2n) is 10.1. The second kappa shape index (κ2) is 9.54. The zero-order valence-corrected chi connectivity index (χ0v) is 22.0. The number of fused-ring (bicyclic) bond motifs is 5. The van der Waals surface area contributed by atoms with Crippen LogP contribution in [-0.2, 0) is 0 Å². The van der Waals surface area contributed by atoms with E-state index in [1.165, 1.54) is 10.8 Å². The minimum atomic E-state index is 0.633. The highest BCUT2D eigenvalue weighted by molar-refractivity contribution is 6.22. The molecule has 0 radical (unpaired) electrons. The van der Waals surface area contributed by atoms with Gasteiger partial charge in [0.15, 0.2) is 17.5 Å². The van der Waals surface area contributed by atoms with Gasteiger partial charge in [-0.1, -0.05) is 121 Å². The summed E-state index contributed by atoms with van der Waals surface area (Å²) in [4.78, 5) is 14.7. The van der Waals surface area contributed by atoms with Gasteiger partial charge in [-0.05, 0) is 40.1 Å². The number of nitrogens with zero attached hydrogens (tertiary/aromatic N) is 3. The Morgan fingerprint density at radius 2 is 0.878 bits per heavy atom. The highest BCUT2D eigenvalue weighted by atomic mass is 16.3. The highest BCUT2D eigenvalue weighted by Crippen LogP contribution is 2.40. The molecule has 192 valence electrons. The summed E-state index contributed by atoms with van der Waals surface area (Å²) in [7, 11) is 0. The van der Waals surface area contributed by atoms with Crippen molar-refractivity contribution in [3.05, 3.63) is 140 Å². The lowest BCUT2D eigenvalue weighted by molar-refractivity contribution is 0.669. The van der Waals surface area contributed by atoms with Crippen LogP contribution in [0.2, 0.25) is 0 Å². The maximum absolute atomic E-state index is 6.33. The minimum Gasteiger partial charge on any atom is -0.456 e. The van der Waals surface area contributed by atoms with E-state index < -0.39 is 0 Å². The second-order valence-corrected chi connectivity index (χ2v) is 10.1. The van der Waals surface area contributed by atoms with Crippen LogP contribution in [0.25, 0.3) is 78.0 Å². The van der Waals surface area contributed by atoms with Gasteiger partial charge in [0.2, 0.25) is 0 Å². The van der Waals surface area contributed by atoms with Crippen molar-refractivity contribution in [3.63, 3.8) is 0 Å². The smallest absolute Gasteiger partial charge is 0.164 e. The molecule has 8 aromatic rings. The van der Waals surface area contributed by atoms with Gasteiger partial charge in [-0.2, -0.15) is 0 Å². The summed E-state index contributed by atoms with van der Waals surface area (Å²) in [6, 6.07) is 47.5. The third kappa shape index (κ3) is 4.05. The van der Waals surface area contributed by atoms with Crippen LogP contribution in [0.3, 0.4) is 0 Å². The molecule has 6 aromatic carbocycles. The molecule has 0 saturated heterocycles. The lowest BCUT2D eigenvalue weighted by Crippen LogP contribution is -2.00. The molecule has 4 heteroatoms. The first-order valence-corrected chi connectivity index (χ1v) is 13.6. The average molecular weight is 526 g/mol. The van der Waals surface area contributed by atoms with E-state index in [9.17, 15) is 0 Å². The van der Waals surface area contributed by atoms with Crippen LogP contribution in [0.1, 0.15) is 0 Å². The first-order chi connectivity index (χ1) is 20.3. The number of hydrogen-bond acceptors (Lipinski definition) is 4. The number of benzene rings is 6. The average Bonchev–Trinajstić information content (AvgIpc) is 3.44. The van der Waals surface area contributed by atoms with E-state index in [1.54, 1.807) is 0 Å². The summed E-state index contributed by atoms with van der Waals surface area (Å²) in [5.74, 6) is 1.93. The lowest BCUT2D eigenvalue weighted by Gasteiger charge is -2.11. The summed E-state index contributed by atoms with van der Waals surface area (Å²) >= 11 is 0. The molecule has 0 aliphatic carbocycles. The van der Waals surface area contributed by atoms with E-state index in [0.29, 0.717) is 17.5 Å². The fraction of sp³-hybridized carbons (Fsp3) is 0. The molecule has 8 rings (SSSR count).